The Hall–Kier alpha value is -1.07. The molecule has 0 fully saturated rings. The van der Waals surface area contributed by atoms with E-state index in [4.69, 9.17) is 0 Å². The molecule has 33 heavy (non-hydrogen) atoms. The van der Waals surface area contributed by atoms with Gasteiger partial charge < -0.3 is 39.6 Å². The summed E-state index contributed by atoms with van der Waals surface area (Å²) in [4.78, 5) is 39.1. The van der Waals surface area contributed by atoms with Gasteiger partial charge in [-0.1, -0.05) is 79.1 Å². The van der Waals surface area contributed by atoms with Crippen molar-refractivity contribution in [3.05, 3.63) is 0 Å². The van der Waals surface area contributed by atoms with Crippen molar-refractivity contribution < 1.29 is 70.7 Å². The van der Waals surface area contributed by atoms with Crippen molar-refractivity contribution in [2.75, 3.05) is 0 Å². The largest absolute Gasteiger partial charge is 4.00 e. The minimum absolute atomic E-state index is 0. The molecule has 0 radical (unpaired) electrons. The van der Waals surface area contributed by atoms with Crippen molar-refractivity contribution in [2.24, 2.45) is 0 Å². The first-order chi connectivity index (χ1) is 15.1. The molecule has 0 saturated heterocycles. The number of rotatable bonds is 16. The molecular weight excluding hydrogens is 654 g/mol. The van der Waals surface area contributed by atoms with Crippen LogP contribution >= 0.6 is 0 Å². The van der Waals surface area contributed by atoms with Crippen LogP contribution in [0.2, 0.25) is 0 Å². The number of aliphatic carboxylic acids is 4. The van der Waals surface area contributed by atoms with Crippen molar-refractivity contribution in [3.63, 3.8) is 0 Å². The van der Waals surface area contributed by atoms with E-state index in [2.05, 4.69) is 0 Å². The number of carboxylic acid groups (broad SMARTS) is 4. The van der Waals surface area contributed by atoms with E-state index in [1.54, 1.807) is 0 Å². The third-order valence-electron chi connectivity index (χ3n) is 3.94. The fraction of sp³-hybridized carbons (Fsp3) is 0.833. The first-order valence-corrected chi connectivity index (χ1v) is 11.9. The standard InChI is InChI=1S/4C6H12O2.U/c4*1-2-3-4-5-6(7)8;/h4*2-5H2,1H3,(H,7,8);/q;;;;+4/p-4. The van der Waals surface area contributed by atoms with Crippen LogP contribution in [0.25, 0.3) is 0 Å². The van der Waals surface area contributed by atoms with Crippen LogP contribution in [0.1, 0.15) is 130 Å². The Kier molecular flexibility index (Phi) is 48.8. The molecule has 0 heterocycles. The van der Waals surface area contributed by atoms with E-state index in [9.17, 15) is 39.6 Å². The maximum Gasteiger partial charge on any atom is 4.00 e. The molecular formula is C24H44O8U. The SMILES string of the molecule is CCCCCC(=O)[O-].CCCCCC(=O)[O-].CCCCCC(=O)[O-].CCCCCC(=O)[O-].[U+4]. The summed E-state index contributed by atoms with van der Waals surface area (Å²) in [6.45, 7) is 8.15. The molecule has 9 heteroatoms. The molecule has 0 aromatic carbocycles. The van der Waals surface area contributed by atoms with Gasteiger partial charge in [0.2, 0.25) is 0 Å². The molecule has 8 nitrogen and oxygen atoms in total. The molecule has 0 bridgehead atoms. The maximum atomic E-state index is 9.76. The Labute approximate surface area is 224 Å². The second-order valence-corrected chi connectivity index (χ2v) is 7.32. The number of carbonyl (C=O) groups excluding carboxylic acids is 4. The first-order valence-electron chi connectivity index (χ1n) is 11.9. The van der Waals surface area contributed by atoms with Gasteiger partial charge in [0.1, 0.15) is 0 Å². The second-order valence-electron chi connectivity index (χ2n) is 7.32. The minimum Gasteiger partial charge on any atom is -0.550 e. The molecule has 192 valence electrons. The quantitative estimate of drug-likeness (QED) is 0.218. The minimum atomic E-state index is -0.932. The molecule has 0 aliphatic carbocycles. The van der Waals surface area contributed by atoms with Crippen LogP contribution in [-0.4, -0.2) is 23.9 Å². The topological polar surface area (TPSA) is 161 Å². The van der Waals surface area contributed by atoms with Crippen LogP contribution < -0.4 is 20.4 Å². The van der Waals surface area contributed by atoms with E-state index in [0.717, 1.165) is 77.0 Å². The van der Waals surface area contributed by atoms with Crippen LogP contribution in [0, 0.1) is 31.1 Å². The van der Waals surface area contributed by atoms with Crippen molar-refractivity contribution in [1.29, 1.82) is 0 Å². The van der Waals surface area contributed by atoms with Crippen LogP contribution in [0.3, 0.4) is 0 Å². The van der Waals surface area contributed by atoms with E-state index in [0.29, 0.717) is 0 Å². The summed E-state index contributed by atoms with van der Waals surface area (Å²) in [5, 5.41) is 39.1. The monoisotopic (exact) mass is 698 g/mol. The van der Waals surface area contributed by atoms with E-state index in [1.807, 2.05) is 27.7 Å². The van der Waals surface area contributed by atoms with Crippen molar-refractivity contribution >= 4 is 23.9 Å². The van der Waals surface area contributed by atoms with Gasteiger partial charge in [0.15, 0.2) is 0 Å². The van der Waals surface area contributed by atoms with E-state index >= 15 is 0 Å². The van der Waals surface area contributed by atoms with Crippen molar-refractivity contribution in [1.82, 2.24) is 0 Å². The molecule has 0 aromatic rings. The molecule has 0 unspecified atom stereocenters. The summed E-state index contributed by atoms with van der Waals surface area (Å²) in [5.41, 5.74) is 0. The first kappa shape index (κ1) is 42.1. The van der Waals surface area contributed by atoms with E-state index in [-0.39, 0.29) is 56.8 Å². The molecule has 0 aromatic heterocycles. The Morgan fingerprint density at radius 2 is 0.545 bits per heavy atom. The van der Waals surface area contributed by atoms with Gasteiger partial charge in [-0.3, -0.25) is 0 Å². The molecule has 0 amide bonds. The zero-order valence-electron chi connectivity index (χ0n) is 21.1. The molecule has 0 aliphatic heterocycles. The summed E-state index contributed by atoms with van der Waals surface area (Å²) >= 11 is 0. The maximum absolute atomic E-state index is 9.76. The molecule has 0 saturated carbocycles. The van der Waals surface area contributed by atoms with Crippen LogP contribution in [0.4, 0.5) is 0 Å². The summed E-state index contributed by atoms with van der Waals surface area (Å²) in [6.07, 6.45) is 12.1. The number of hydrogen-bond acceptors (Lipinski definition) is 8. The third-order valence-corrected chi connectivity index (χ3v) is 3.94. The summed E-state index contributed by atoms with van der Waals surface area (Å²) in [7, 11) is 0. The van der Waals surface area contributed by atoms with Crippen molar-refractivity contribution in [2.45, 2.75) is 130 Å². The fourth-order valence-electron chi connectivity index (χ4n) is 2.08. The van der Waals surface area contributed by atoms with Gasteiger partial charge in [0, 0.05) is 23.9 Å². The van der Waals surface area contributed by atoms with Crippen LogP contribution in [-0.2, 0) is 19.2 Å². The van der Waals surface area contributed by atoms with Gasteiger partial charge in [-0.25, -0.2) is 0 Å². The van der Waals surface area contributed by atoms with Gasteiger partial charge in [0.05, 0.1) is 0 Å². The second kappa shape index (κ2) is 38.2. The zero-order valence-corrected chi connectivity index (χ0v) is 25.2. The zero-order chi connectivity index (χ0) is 25.6. The van der Waals surface area contributed by atoms with Crippen LogP contribution in [0.15, 0.2) is 0 Å². The van der Waals surface area contributed by atoms with Crippen LogP contribution in [0.5, 0.6) is 0 Å². The summed E-state index contributed by atoms with van der Waals surface area (Å²) in [6, 6.07) is 0. The molecule has 0 aliphatic rings. The third kappa shape index (κ3) is 72.2. The Morgan fingerprint density at radius 3 is 0.636 bits per heavy atom. The Bertz CT molecular complexity index is 362. The summed E-state index contributed by atoms with van der Waals surface area (Å²) < 4.78 is 0. The molecule has 0 N–H and O–H groups in total. The Balaban J connectivity index is -0.000000105. The fourth-order valence-corrected chi connectivity index (χ4v) is 2.08. The Morgan fingerprint density at radius 1 is 0.394 bits per heavy atom. The molecule has 0 atom stereocenters. The number of hydrogen-bond donors (Lipinski definition) is 0. The number of unbranched alkanes of at least 4 members (excludes halogenated alkanes) is 8. The number of carboxylic acids is 4. The van der Waals surface area contributed by atoms with Gasteiger partial charge in [-0.05, 0) is 51.4 Å². The average Bonchev–Trinajstić information content (AvgIpc) is 2.69. The van der Waals surface area contributed by atoms with Gasteiger partial charge in [0.25, 0.3) is 0 Å². The number of carbonyl (C=O) groups is 4. The molecule has 0 rings (SSSR count). The van der Waals surface area contributed by atoms with Gasteiger partial charge >= 0.3 is 31.1 Å². The van der Waals surface area contributed by atoms with Gasteiger partial charge in [-0.15, -0.1) is 0 Å². The van der Waals surface area contributed by atoms with Crippen molar-refractivity contribution in [3.8, 4) is 0 Å². The van der Waals surface area contributed by atoms with E-state index in [1.165, 1.54) is 0 Å². The predicted octanol–water partition coefficient (Wildman–Crippen LogP) is 1.27. The smallest absolute Gasteiger partial charge is 0.550 e. The van der Waals surface area contributed by atoms with Gasteiger partial charge in [-0.2, -0.15) is 0 Å². The predicted molar refractivity (Wildman–Crippen MR) is 117 cm³/mol. The average molecular weight is 699 g/mol. The summed E-state index contributed by atoms with van der Waals surface area (Å²) in [5.74, 6) is -3.73. The van der Waals surface area contributed by atoms with E-state index < -0.39 is 23.9 Å². The molecule has 0 spiro atoms. The normalized spacial score (nSPS) is 8.85.